The van der Waals surface area contributed by atoms with E-state index in [1.54, 1.807) is 13.0 Å². The number of rotatable bonds is 4. The van der Waals surface area contributed by atoms with Crippen LogP contribution < -0.4 is 10.0 Å². The van der Waals surface area contributed by atoms with Crippen molar-refractivity contribution in [3.05, 3.63) is 46.6 Å². The van der Waals surface area contributed by atoms with E-state index in [-0.39, 0.29) is 15.5 Å². The molecule has 1 aromatic carbocycles. The van der Waals surface area contributed by atoms with Gasteiger partial charge in [-0.05, 0) is 37.3 Å². The minimum absolute atomic E-state index is 0.00699. The molecular weight excluding hydrogens is 343 g/mol. The van der Waals surface area contributed by atoms with Gasteiger partial charge in [-0.2, -0.15) is 0 Å². The second-order valence-corrected chi connectivity index (χ2v) is 7.87. The van der Waals surface area contributed by atoms with Crippen LogP contribution in [0.15, 0.2) is 34.5 Å². The summed E-state index contributed by atoms with van der Waals surface area (Å²) in [4.78, 5) is 23.8. The highest BCUT2D eigenvalue weighted by Gasteiger charge is 2.21. The first-order valence-electron chi connectivity index (χ1n) is 6.40. The van der Waals surface area contributed by atoms with Crippen LogP contribution in [0.1, 0.15) is 22.2 Å². The fraction of sp³-hybridized carbons (Fsp3) is 0.143. The third-order valence-electron chi connectivity index (χ3n) is 2.75. The minimum Gasteiger partial charge on any atom is -0.324 e. The number of aryl methyl sites for hydroxylation is 1. The number of halogens is 1. The van der Waals surface area contributed by atoms with E-state index in [4.69, 9.17) is 0 Å². The van der Waals surface area contributed by atoms with Crippen molar-refractivity contribution in [1.82, 2.24) is 4.72 Å². The number of carbonyl (C=O) groups is 2. The van der Waals surface area contributed by atoms with Gasteiger partial charge >= 0.3 is 0 Å². The van der Waals surface area contributed by atoms with Gasteiger partial charge in [-0.25, -0.2) is 17.5 Å². The molecule has 0 spiro atoms. The van der Waals surface area contributed by atoms with Crippen LogP contribution in [0.25, 0.3) is 0 Å². The molecule has 0 unspecified atom stereocenters. The lowest BCUT2D eigenvalue weighted by Crippen LogP contribution is -2.30. The average molecular weight is 356 g/mol. The molecule has 0 aliphatic rings. The van der Waals surface area contributed by atoms with Crippen LogP contribution in [0.2, 0.25) is 0 Å². The first-order valence-corrected chi connectivity index (χ1v) is 8.70. The van der Waals surface area contributed by atoms with Crippen molar-refractivity contribution in [1.29, 1.82) is 0 Å². The quantitative estimate of drug-likeness (QED) is 0.879. The Balaban J connectivity index is 2.25. The van der Waals surface area contributed by atoms with Gasteiger partial charge in [0.1, 0.15) is 10.0 Å². The van der Waals surface area contributed by atoms with E-state index in [2.05, 4.69) is 5.32 Å². The fourth-order valence-corrected chi connectivity index (χ4v) is 4.00. The van der Waals surface area contributed by atoms with Gasteiger partial charge in [-0.1, -0.05) is 0 Å². The van der Waals surface area contributed by atoms with E-state index in [1.807, 2.05) is 4.72 Å². The maximum Gasteiger partial charge on any atom is 0.273 e. The van der Waals surface area contributed by atoms with Gasteiger partial charge in [-0.15, -0.1) is 11.3 Å². The minimum atomic E-state index is -3.99. The lowest BCUT2D eigenvalue weighted by atomic mass is 10.2. The molecule has 0 bridgehead atoms. The Morgan fingerprint density at radius 1 is 1.17 bits per heavy atom. The van der Waals surface area contributed by atoms with E-state index >= 15 is 0 Å². The Morgan fingerprint density at radius 2 is 1.87 bits per heavy atom. The van der Waals surface area contributed by atoms with Crippen molar-refractivity contribution in [2.24, 2.45) is 0 Å². The molecule has 122 valence electrons. The highest BCUT2D eigenvalue weighted by atomic mass is 32.2. The molecule has 0 fully saturated rings. The Bertz CT molecular complexity index is 875. The molecule has 0 aliphatic heterocycles. The van der Waals surface area contributed by atoms with Crippen LogP contribution in [0.3, 0.4) is 0 Å². The van der Waals surface area contributed by atoms with Crippen LogP contribution in [0.5, 0.6) is 0 Å². The van der Waals surface area contributed by atoms with Crippen LogP contribution in [0, 0.1) is 12.7 Å². The number of anilines is 1. The van der Waals surface area contributed by atoms with Crippen molar-refractivity contribution in [3.8, 4) is 0 Å². The van der Waals surface area contributed by atoms with Gasteiger partial charge in [0.2, 0.25) is 5.91 Å². The third-order valence-corrected chi connectivity index (χ3v) is 5.57. The van der Waals surface area contributed by atoms with E-state index in [0.29, 0.717) is 0 Å². The summed E-state index contributed by atoms with van der Waals surface area (Å²) >= 11 is 1.03. The van der Waals surface area contributed by atoms with Crippen molar-refractivity contribution in [2.45, 2.75) is 18.1 Å². The van der Waals surface area contributed by atoms with Gasteiger partial charge < -0.3 is 5.32 Å². The molecule has 9 heteroatoms. The van der Waals surface area contributed by atoms with Crippen LogP contribution in [-0.4, -0.2) is 20.2 Å². The van der Waals surface area contributed by atoms with E-state index < -0.39 is 27.7 Å². The number of benzene rings is 1. The smallest absolute Gasteiger partial charge is 0.273 e. The monoisotopic (exact) mass is 356 g/mol. The molecular formula is C14H13FN2O4S2. The predicted molar refractivity (Wildman–Crippen MR) is 84.4 cm³/mol. The molecule has 1 aromatic heterocycles. The normalized spacial score (nSPS) is 11.1. The van der Waals surface area contributed by atoms with Crippen molar-refractivity contribution in [3.63, 3.8) is 0 Å². The summed E-state index contributed by atoms with van der Waals surface area (Å²) in [6.07, 6.45) is 0. The van der Waals surface area contributed by atoms with E-state index in [0.717, 1.165) is 34.4 Å². The molecule has 2 amide bonds. The summed E-state index contributed by atoms with van der Waals surface area (Å²) in [6, 6.07) is 6.19. The molecule has 2 aromatic rings. The fourth-order valence-electron chi connectivity index (χ4n) is 1.74. The standard InChI is InChI=1S/C14H13FN2O4S2/c1-8-3-6-13(22-8)23(20,21)17-14(19)10-4-5-11(15)12(7-10)16-9(2)18/h3-7H,1-2H3,(H,16,18)(H,17,19). The summed E-state index contributed by atoms with van der Waals surface area (Å²) in [5.74, 6) is -2.15. The van der Waals surface area contributed by atoms with Gasteiger partial charge in [0, 0.05) is 17.4 Å². The molecule has 2 rings (SSSR count). The maximum absolute atomic E-state index is 13.5. The van der Waals surface area contributed by atoms with Crippen LogP contribution >= 0.6 is 11.3 Å². The van der Waals surface area contributed by atoms with E-state index in [1.165, 1.54) is 13.0 Å². The van der Waals surface area contributed by atoms with Crippen LogP contribution in [-0.2, 0) is 14.8 Å². The molecule has 0 aliphatic carbocycles. The largest absolute Gasteiger partial charge is 0.324 e. The van der Waals surface area contributed by atoms with Gasteiger partial charge in [0.15, 0.2) is 0 Å². The highest BCUT2D eigenvalue weighted by molar-refractivity contribution is 7.92. The first kappa shape index (κ1) is 17.1. The van der Waals surface area contributed by atoms with Crippen molar-refractivity contribution >= 4 is 38.9 Å². The Morgan fingerprint density at radius 3 is 2.43 bits per heavy atom. The summed E-state index contributed by atoms with van der Waals surface area (Å²) in [6.45, 7) is 2.93. The number of carbonyl (C=O) groups excluding carboxylic acids is 2. The number of amides is 2. The molecule has 23 heavy (non-hydrogen) atoms. The number of sulfonamides is 1. The first-order chi connectivity index (χ1) is 10.7. The molecule has 0 radical (unpaired) electrons. The van der Waals surface area contributed by atoms with Crippen molar-refractivity contribution in [2.75, 3.05) is 5.32 Å². The van der Waals surface area contributed by atoms with Crippen molar-refractivity contribution < 1.29 is 22.4 Å². The second kappa shape index (κ2) is 6.47. The maximum atomic E-state index is 13.5. The Kier molecular flexibility index (Phi) is 4.81. The number of hydrogen-bond acceptors (Lipinski definition) is 5. The summed E-state index contributed by atoms with van der Waals surface area (Å²) in [7, 11) is -3.99. The SMILES string of the molecule is CC(=O)Nc1cc(C(=O)NS(=O)(=O)c2ccc(C)s2)ccc1F. The van der Waals surface area contributed by atoms with E-state index in [9.17, 15) is 22.4 Å². The lowest BCUT2D eigenvalue weighted by Gasteiger charge is -2.08. The zero-order valence-electron chi connectivity index (χ0n) is 12.2. The summed E-state index contributed by atoms with van der Waals surface area (Å²) < 4.78 is 39.6. The highest BCUT2D eigenvalue weighted by Crippen LogP contribution is 2.21. The van der Waals surface area contributed by atoms with Gasteiger partial charge in [0.05, 0.1) is 5.69 Å². The number of nitrogens with one attached hydrogen (secondary N) is 2. The summed E-state index contributed by atoms with van der Waals surface area (Å²) in [5, 5.41) is 2.22. The molecule has 6 nitrogen and oxygen atoms in total. The Labute approximate surface area is 136 Å². The number of thiophene rings is 1. The molecule has 0 saturated heterocycles. The summed E-state index contributed by atoms with van der Waals surface area (Å²) in [5.41, 5.74) is -0.290. The topological polar surface area (TPSA) is 92.3 Å². The zero-order valence-corrected chi connectivity index (χ0v) is 13.8. The zero-order chi connectivity index (χ0) is 17.2. The molecule has 2 N–H and O–H groups in total. The molecule has 1 heterocycles. The molecule has 0 atom stereocenters. The van der Waals surface area contributed by atoms with Gasteiger partial charge in [0.25, 0.3) is 15.9 Å². The third kappa shape index (κ3) is 4.14. The number of hydrogen-bond donors (Lipinski definition) is 2. The predicted octanol–water partition coefficient (Wildman–Crippen LogP) is 2.27. The second-order valence-electron chi connectivity index (χ2n) is 4.68. The molecule has 0 saturated carbocycles. The average Bonchev–Trinajstić information content (AvgIpc) is 2.87. The van der Waals surface area contributed by atoms with Crippen LogP contribution in [0.4, 0.5) is 10.1 Å². The van der Waals surface area contributed by atoms with Gasteiger partial charge in [-0.3, -0.25) is 9.59 Å². The Hall–Kier alpha value is -2.26. The lowest BCUT2D eigenvalue weighted by molar-refractivity contribution is -0.114.